The molecule has 106 valence electrons. The first-order valence-electron chi connectivity index (χ1n) is 6.82. The quantitative estimate of drug-likeness (QED) is 0.776. The monoisotopic (exact) mass is 274 g/mol. The summed E-state index contributed by atoms with van der Waals surface area (Å²) in [6, 6.07) is 6.72. The highest BCUT2D eigenvalue weighted by Gasteiger charge is 2.24. The number of esters is 1. The molecule has 0 spiro atoms. The predicted octanol–water partition coefficient (Wildman–Crippen LogP) is 2.76. The molecule has 1 aromatic rings. The summed E-state index contributed by atoms with van der Waals surface area (Å²) >= 11 is 0. The molecule has 0 saturated heterocycles. The third-order valence-corrected chi connectivity index (χ3v) is 2.99. The molecule has 0 N–H and O–H groups in total. The van der Waals surface area contributed by atoms with E-state index in [0.717, 1.165) is 18.6 Å². The topological polar surface area (TPSA) is 59.0 Å². The summed E-state index contributed by atoms with van der Waals surface area (Å²) in [7, 11) is 0. The molecule has 0 aliphatic carbocycles. The number of carbonyl (C=O) groups is 2. The molecule has 1 aliphatic rings. The van der Waals surface area contributed by atoms with Gasteiger partial charge >= 0.3 is 5.97 Å². The average Bonchev–Trinajstić information content (AvgIpc) is 2.80. The maximum absolute atomic E-state index is 11.9. The molecular formula is C15H18N2O3. The maximum atomic E-state index is 11.9. The van der Waals surface area contributed by atoms with Crippen LogP contribution in [0.15, 0.2) is 29.4 Å². The number of rotatable bonds is 5. The highest BCUT2D eigenvalue weighted by atomic mass is 16.5. The standard InChI is InChI=1S/C15H18N2O3/c1-3-5-12-10-14(18)17(16-12)13-8-6-11(7-9-13)15(19)20-4-2/h6-9H,3-5,10H2,1-2H3. The second-order valence-electron chi connectivity index (χ2n) is 4.57. The fraction of sp³-hybridized carbons (Fsp3) is 0.400. The number of hydrogen-bond donors (Lipinski definition) is 0. The van der Waals surface area contributed by atoms with Gasteiger partial charge in [0.1, 0.15) is 0 Å². The molecule has 0 atom stereocenters. The summed E-state index contributed by atoms with van der Waals surface area (Å²) in [5.41, 5.74) is 2.06. The fourth-order valence-electron chi connectivity index (χ4n) is 2.06. The van der Waals surface area contributed by atoms with Gasteiger partial charge in [-0.1, -0.05) is 13.3 Å². The number of anilines is 1. The molecule has 0 aromatic heterocycles. The Balaban J connectivity index is 2.14. The molecular weight excluding hydrogens is 256 g/mol. The van der Waals surface area contributed by atoms with E-state index < -0.39 is 0 Å². The van der Waals surface area contributed by atoms with E-state index in [0.29, 0.717) is 24.3 Å². The van der Waals surface area contributed by atoms with Crippen LogP contribution < -0.4 is 5.01 Å². The normalized spacial score (nSPS) is 14.4. The molecule has 0 bridgehead atoms. The van der Waals surface area contributed by atoms with Crippen LogP contribution in [0.25, 0.3) is 0 Å². The SMILES string of the molecule is CCCC1=NN(c2ccc(C(=O)OCC)cc2)C(=O)C1. The van der Waals surface area contributed by atoms with Gasteiger partial charge in [-0.3, -0.25) is 4.79 Å². The highest BCUT2D eigenvalue weighted by molar-refractivity contribution is 6.13. The zero-order chi connectivity index (χ0) is 14.5. The minimum Gasteiger partial charge on any atom is -0.462 e. The summed E-state index contributed by atoms with van der Waals surface area (Å²) in [5, 5.41) is 5.73. The van der Waals surface area contributed by atoms with Crippen LogP contribution >= 0.6 is 0 Å². The molecule has 2 rings (SSSR count). The Labute approximate surface area is 118 Å². The molecule has 20 heavy (non-hydrogen) atoms. The van der Waals surface area contributed by atoms with Crippen LogP contribution in [-0.2, 0) is 9.53 Å². The van der Waals surface area contributed by atoms with Crippen LogP contribution in [0.5, 0.6) is 0 Å². The van der Waals surface area contributed by atoms with E-state index >= 15 is 0 Å². The van der Waals surface area contributed by atoms with Gasteiger partial charge < -0.3 is 4.74 Å². The van der Waals surface area contributed by atoms with E-state index in [1.807, 2.05) is 0 Å². The van der Waals surface area contributed by atoms with Gasteiger partial charge in [0, 0.05) is 5.71 Å². The van der Waals surface area contributed by atoms with Crippen LogP contribution in [0.1, 0.15) is 43.5 Å². The van der Waals surface area contributed by atoms with Crippen molar-refractivity contribution in [3.63, 3.8) is 0 Å². The first kappa shape index (κ1) is 14.2. The number of hydrogen-bond acceptors (Lipinski definition) is 4. The molecule has 0 unspecified atom stereocenters. The Bertz CT molecular complexity index is 535. The van der Waals surface area contributed by atoms with E-state index in [-0.39, 0.29) is 11.9 Å². The minimum atomic E-state index is -0.359. The van der Waals surface area contributed by atoms with Crippen molar-refractivity contribution in [2.75, 3.05) is 11.6 Å². The Morgan fingerprint density at radius 2 is 2.00 bits per heavy atom. The van der Waals surface area contributed by atoms with Crippen molar-refractivity contribution in [1.82, 2.24) is 0 Å². The van der Waals surface area contributed by atoms with Crippen LogP contribution in [-0.4, -0.2) is 24.2 Å². The number of amides is 1. The van der Waals surface area contributed by atoms with E-state index in [9.17, 15) is 9.59 Å². The van der Waals surface area contributed by atoms with Crippen LogP contribution in [0.3, 0.4) is 0 Å². The van der Waals surface area contributed by atoms with E-state index in [2.05, 4.69) is 12.0 Å². The van der Waals surface area contributed by atoms with Gasteiger partial charge in [-0.2, -0.15) is 5.10 Å². The second-order valence-corrected chi connectivity index (χ2v) is 4.57. The number of hydrazone groups is 1. The van der Waals surface area contributed by atoms with Crippen molar-refractivity contribution in [1.29, 1.82) is 0 Å². The van der Waals surface area contributed by atoms with E-state index in [1.54, 1.807) is 31.2 Å². The molecule has 5 heteroatoms. The first-order chi connectivity index (χ1) is 9.65. The van der Waals surface area contributed by atoms with E-state index in [1.165, 1.54) is 5.01 Å². The summed E-state index contributed by atoms with van der Waals surface area (Å²) in [5.74, 6) is -0.390. The van der Waals surface area contributed by atoms with E-state index in [4.69, 9.17) is 4.74 Å². The van der Waals surface area contributed by atoms with Crippen LogP contribution in [0, 0.1) is 0 Å². The largest absolute Gasteiger partial charge is 0.462 e. The predicted molar refractivity (Wildman–Crippen MR) is 76.8 cm³/mol. The van der Waals surface area contributed by atoms with Crippen LogP contribution in [0.4, 0.5) is 5.69 Å². The lowest BCUT2D eigenvalue weighted by Crippen LogP contribution is -2.19. The zero-order valence-electron chi connectivity index (χ0n) is 11.8. The third-order valence-electron chi connectivity index (χ3n) is 2.99. The molecule has 5 nitrogen and oxygen atoms in total. The Morgan fingerprint density at radius 1 is 1.30 bits per heavy atom. The molecule has 1 heterocycles. The molecule has 1 aliphatic heterocycles. The maximum Gasteiger partial charge on any atom is 0.338 e. The average molecular weight is 274 g/mol. The Hall–Kier alpha value is -2.17. The summed E-state index contributed by atoms with van der Waals surface area (Å²) in [4.78, 5) is 23.4. The molecule has 1 aromatic carbocycles. The lowest BCUT2D eigenvalue weighted by molar-refractivity contribution is -0.116. The van der Waals surface area contributed by atoms with Crippen molar-refractivity contribution < 1.29 is 14.3 Å². The first-order valence-corrected chi connectivity index (χ1v) is 6.82. The lowest BCUT2D eigenvalue weighted by atomic mass is 10.1. The molecule has 0 fully saturated rings. The van der Waals surface area contributed by atoms with Crippen molar-refractivity contribution in [2.45, 2.75) is 33.1 Å². The number of nitrogens with zero attached hydrogens (tertiary/aromatic N) is 2. The number of ether oxygens (including phenoxy) is 1. The van der Waals surface area contributed by atoms with Gasteiger partial charge in [-0.05, 0) is 37.6 Å². The smallest absolute Gasteiger partial charge is 0.338 e. The van der Waals surface area contributed by atoms with Crippen LogP contribution in [0.2, 0.25) is 0 Å². The number of carbonyl (C=O) groups excluding carboxylic acids is 2. The Morgan fingerprint density at radius 3 is 2.60 bits per heavy atom. The fourth-order valence-corrected chi connectivity index (χ4v) is 2.06. The van der Waals surface area contributed by atoms with Crippen molar-refractivity contribution in [3.05, 3.63) is 29.8 Å². The highest BCUT2D eigenvalue weighted by Crippen LogP contribution is 2.22. The molecule has 1 amide bonds. The molecule has 0 saturated carbocycles. The van der Waals surface area contributed by atoms with Gasteiger partial charge in [0.2, 0.25) is 0 Å². The zero-order valence-corrected chi connectivity index (χ0v) is 11.8. The van der Waals surface area contributed by atoms with Crippen molar-refractivity contribution in [3.8, 4) is 0 Å². The molecule has 0 radical (unpaired) electrons. The third kappa shape index (κ3) is 3.04. The van der Waals surface area contributed by atoms with Crippen molar-refractivity contribution in [2.24, 2.45) is 5.10 Å². The van der Waals surface area contributed by atoms with Gasteiger partial charge in [-0.25, -0.2) is 9.80 Å². The summed E-state index contributed by atoms with van der Waals surface area (Å²) in [6.45, 7) is 4.17. The second kappa shape index (κ2) is 6.32. The number of benzene rings is 1. The Kier molecular flexibility index (Phi) is 4.50. The van der Waals surface area contributed by atoms with Crippen molar-refractivity contribution >= 4 is 23.3 Å². The van der Waals surface area contributed by atoms with Gasteiger partial charge in [0.25, 0.3) is 5.91 Å². The van der Waals surface area contributed by atoms with Gasteiger partial charge in [0.05, 0.1) is 24.3 Å². The van der Waals surface area contributed by atoms with Gasteiger partial charge in [0.15, 0.2) is 0 Å². The lowest BCUT2D eigenvalue weighted by Gasteiger charge is -2.12. The minimum absolute atomic E-state index is 0.0302. The van der Waals surface area contributed by atoms with Gasteiger partial charge in [-0.15, -0.1) is 0 Å². The summed E-state index contributed by atoms with van der Waals surface area (Å²) < 4.78 is 4.92. The summed E-state index contributed by atoms with van der Waals surface area (Å²) in [6.07, 6.45) is 2.19.